The Labute approximate surface area is 126 Å². The van der Waals surface area contributed by atoms with Crippen LogP contribution >= 0.6 is 0 Å². The van der Waals surface area contributed by atoms with Gasteiger partial charge in [-0.1, -0.05) is 26.8 Å². The molecule has 0 radical (unpaired) electrons. The second kappa shape index (κ2) is 7.22. The van der Waals surface area contributed by atoms with E-state index in [1.54, 1.807) is 6.07 Å². The highest BCUT2D eigenvalue weighted by molar-refractivity contribution is 5.96. The lowest BCUT2D eigenvalue weighted by Gasteiger charge is -2.18. The van der Waals surface area contributed by atoms with Crippen LogP contribution in [0.2, 0.25) is 0 Å². The number of hydrogen-bond acceptors (Lipinski definition) is 3. The summed E-state index contributed by atoms with van der Waals surface area (Å²) in [6.07, 6.45) is 1.06. The summed E-state index contributed by atoms with van der Waals surface area (Å²) >= 11 is 0. The number of aryl methyl sites for hydroxylation is 1. The van der Waals surface area contributed by atoms with Crippen molar-refractivity contribution in [3.63, 3.8) is 0 Å². The topological polar surface area (TPSA) is 84.2 Å². The highest BCUT2D eigenvalue weighted by atomic mass is 16.2. The van der Waals surface area contributed by atoms with Gasteiger partial charge in [0.05, 0.1) is 0 Å². The maximum atomic E-state index is 12.0. The van der Waals surface area contributed by atoms with Gasteiger partial charge in [0, 0.05) is 23.2 Å². The smallest absolute Gasteiger partial charge is 0.229 e. The summed E-state index contributed by atoms with van der Waals surface area (Å²) in [6, 6.07) is 5.48. The average Bonchev–Trinajstić information content (AvgIpc) is 2.39. The molecule has 5 heteroatoms. The van der Waals surface area contributed by atoms with E-state index in [0.717, 1.165) is 5.56 Å². The Bertz CT molecular complexity index is 519. The van der Waals surface area contributed by atoms with Gasteiger partial charge in [-0.25, -0.2) is 0 Å². The van der Waals surface area contributed by atoms with Gasteiger partial charge in [0.2, 0.25) is 11.8 Å². The molecule has 0 heterocycles. The Hall–Kier alpha value is -1.88. The molecule has 0 saturated carbocycles. The fourth-order valence-corrected chi connectivity index (χ4v) is 1.63. The summed E-state index contributed by atoms with van der Waals surface area (Å²) in [5.41, 5.74) is 7.27. The molecule has 0 aliphatic rings. The number of nitrogens with two attached hydrogens (primary N) is 1. The van der Waals surface area contributed by atoms with Crippen molar-refractivity contribution < 1.29 is 9.59 Å². The summed E-state index contributed by atoms with van der Waals surface area (Å²) in [4.78, 5) is 23.7. The molecule has 0 aromatic heterocycles. The van der Waals surface area contributed by atoms with Crippen LogP contribution in [0.5, 0.6) is 0 Å². The molecule has 0 spiro atoms. The zero-order valence-electron chi connectivity index (χ0n) is 13.2. The number of carbonyl (C=O) groups is 2. The van der Waals surface area contributed by atoms with Crippen LogP contribution < -0.4 is 16.4 Å². The highest BCUT2D eigenvalue weighted by Gasteiger charge is 2.21. The minimum absolute atomic E-state index is 0.0632. The van der Waals surface area contributed by atoms with Gasteiger partial charge in [-0.05, 0) is 37.6 Å². The normalized spacial score (nSPS) is 11.1. The number of anilines is 2. The molecule has 0 bridgehead atoms. The first-order chi connectivity index (χ1) is 9.74. The fraction of sp³-hybridized carbons (Fsp3) is 0.500. The van der Waals surface area contributed by atoms with Gasteiger partial charge in [-0.2, -0.15) is 0 Å². The Morgan fingerprint density at radius 1 is 1.19 bits per heavy atom. The SMILES string of the molecule is Cc1ccc(NC(=O)C(C)(C)C)cc1NC(=O)CCCN. The van der Waals surface area contributed by atoms with Crippen molar-refractivity contribution in [2.45, 2.75) is 40.5 Å². The molecule has 0 saturated heterocycles. The average molecular weight is 291 g/mol. The second-order valence-corrected chi connectivity index (χ2v) is 6.17. The van der Waals surface area contributed by atoms with Crippen LogP contribution in [-0.4, -0.2) is 18.4 Å². The van der Waals surface area contributed by atoms with Crippen molar-refractivity contribution in [2.75, 3.05) is 17.2 Å². The van der Waals surface area contributed by atoms with Gasteiger partial charge < -0.3 is 16.4 Å². The molecular weight excluding hydrogens is 266 g/mol. The zero-order valence-corrected chi connectivity index (χ0v) is 13.2. The molecule has 1 rings (SSSR count). The van der Waals surface area contributed by atoms with Crippen molar-refractivity contribution in [1.29, 1.82) is 0 Å². The predicted molar refractivity (Wildman–Crippen MR) is 86.2 cm³/mol. The van der Waals surface area contributed by atoms with E-state index in [-0.39, 0.29) is 11.8 Å². The molecule has 0 atom stereocenters. The summed E-state index contributed by atoms with van der Waals surface area (Å²) in [5.74, 6) is -0.130. The molecular formula is C16H25N3O2. The largest absolute Gasteiger partial charge is 0.330 e. The van der Waals surface area contributed by atoms with E-state index in [1.807, 2.05) is 39.8 Å². The standard InChI is InChI=1S/C16H25N3O2/c1-11-7-8-12(18-15(21)16(2,3)4)10-13(11)19-14(20)6-5-9-17/h7-8,10H,5-6,9,17H2,1-4H3,(H,18,21)(H,19,20). The molecule has 0 aliphatic heterocycles. The van der Waals surface area contributed by atoms with Crippen molar-refractivity contribution in [2.24, 2.45) is 11.1 Å². The van der Waals surface area contributed by atoms with E-state index in [1.165, 1.54) is 0 Å². The molecule has 4 N–H and O–H groups in total. The number of hydrogen-bond donors (Lipinski definition) is 3. The lowest BCUT2D eigenvalue weighted by atomic mass is 9.95. The molecule has 0 aliphatic carbocycles. The van der Waals surface area contributed by atoms with Gasteiger partial charge >= 0.3 is 0 Å². The van der Waals surface area contributed by atoms with E-state index in [9.17, 15) is 9.59 Å². The van der Waals surface area contributed by atoms with Gasteiger partial charge in [0.15, 0.2) is 0 Å². The molecule has 21 heavy (non-hydrogen) atoms. The molecule has 1 aromatic rings. The molecule has 116 valence electrons. The number of nitrogens with one attached hydrogen (secondary N) is 2. The molecule has 0 fully saturated rings. The second-order valence-electron chi connectivity index (χ2n) is 6.17. The molecule has 0 unspecified atom stereocenters. The van der Waals surface area contributed by atoms with E-state index in [4.69, 9.17) is 5.73 Å². The van der Waals surface area contributed by atoms with Gasteiger partial charge in [0.25, 0.3) is 0 Å². The predicted octanol–water partition coefficient (Wildman–Crippen LogP) is 2.66. The Kier molecular flexibility index (Phi) is 5.90. The third kappa shape index (κ3) is 5.55. The summed E-state index contributed by atoms with van der Waals surface area (Å²) < 4.78 is 0. The zero-order chi connectivity index (χ0) is 16.0. The van der Waals surface area contributed by atoms with Gasteiger partial charge in [-0.15, -0.1) is 0 Å². The van der Waals surface area contributed by atoms with Crippen LogP contribution in [-0.2, 0) is 9.59 Å². The lowest BCUT2D eigenvalue weighted by Crippen LogP contribution is -2.27. The van der Waals surface area contributed by atoms with Crippen LogP contribution in [0.1, 0.15) is 39.2 Å². The van der Waals surface area contributed by atoms with Gasteiger partial charge in [0.1, 0.15) is 0 Å². The Morgan fingerprint density at radius 2 is 1.86 bits per heavy atom. The van der Waals surface area contributed by atoms with Crippen LogP contribution in [0.4, 0.5) is 11.4 Å². The first-order valence-electron chi connectivity index (χ1n) is 7.16. The van der Waals surface area contributed by atoms with E-state index in [2.05, 4.69) is 10.6 Å². The van der Waals surface area contributed by atoms with Crippen LogP contribution in [0.3, 0.4) is 0 Å². The quantitative estimate of drug-likeness (QED) is 0.779. The van der Waals surface area contributed by atoms with Crippen LogP contribution in [0.15, 0.2) is 18.2 Å². The number of carbonyl (C=O) groups excluding carboxylic acids is 2. The summed E-state index contributed by atoms with van der Waals surface area (Å²) in [6.45, 7) is 7.96. The first kappa shape index (κ1) is 17.2. The van der Waals surface area contributed by atoms with Gasteiger partial charge in [-0.3, -0.25) is 9.59 Å². The third-order valence-electron chi connectivity index (χ3n) is 3.06. The van der Waals surface area contributed by atoms with Crippen molar-refractivity contribution in [3.05, 3.63) is 23.8 Å². The number of rotatable bonds is 5. The minimum Gasteiger partial charge on any atom is -0.330 e. The fourth-order valence-electron chi connectivity index (χ4n) is 1.63. The van der Waals surface area contributed by atoms with E-state index in [0.29, 0.717) is 30.8 Å². The maximum Gasteiger partial charge on any atom is 0.229 e. The Balaban J connectivity index is 2.80. The minimum atomic E-state index is -0.463. The van der Waals surface area contributed by atoms with Crippen LogP contribution in [0, 0.1) is 12.3 Å². The highest BCUT2D eigenvalue weighted by Crippen LogP contribution is 2.23. The van der Waals surface area contributed by atoms with Crippen LogP contribution in [0.25, 0.3) is 0 Å². The van der Waals surface area contributed by atoms with E-state index >= 15 is 0 Å². The van der Waals surface area contributed by atoms with Crippen molar-refractivity contribution in [1.82, 2.24) is 0 Å². The first-order valence-corrected chi connectivity index (χ1v) is 7.16. The molecule has 1 aromatic carbocycles. The summed E-state index contributed by atoms with van der Waals surface area (Å²) in [5, 5.41) is 5.71. The molecule has 5 nitrogen and oxygen atoms in total. The van der Waals surface area contributed by atoms with Crippen molar-refractivity contribution >= 4 is 23.2 Å². The monoisotopic (exact) mass is 291 g/mol. The lowest BCUT2D eigenvalue weighted by molar-refractivity contribution is -0.123. The summed E-state index contributed by atoms with van der Waals surface area (Å²) in [7, 11) is 0. The maximum absolute atomic E-state index is 12.0. The number of benzene rings is 1. The van der Waals surface area contributed by atoms with Crippen molar-refractivity contribution in [3.8, 4) is 0 Å². The Morgan fingerprint density at radius 3 is 2.43 bits per heavy atom. The number of amides is 2. The van der Waals surface area contributed by atoms with E-state index < -0.39 is 5.41 Å². The third-order valence-corrected chi connectivity index (χ3v) is 3.06. The molecule has 2 amide bonds.